The van der Waals surface area contributed by atoms with Gasteiger partial charge in [-0.1, -0.05) is 42.1 Å². The Bertz CT molecular complexity index is 711. The second-order valence-corrected chi connectivity index (χ2v) is 5.53. The van der Waals surface area contributed by atoms with E-state index in [1.54, 1.807) is 23.9 Å². The fraction of sp³-hybridized carbons (Fsp3) is 0. The summed E-state index contributed by atoms with van der Waals surface area (Å²) in [4.78, 5) is 1.97. The fourth-order valence-electron chi connectivity index (χ4n) is 1.86. The van der Waals surface area contributed by atoms with Gasteiger partial charge in [0.05, 0.1) is 4.90 Å². The molecule has 0 N–H and O–H groups in total. The number of rotatable bonds is 4. The predicted molar refractivity (Wildman–Crippen MR) is 83.5 cm³/mol. The zero-order valence-corrected chi connectivity index (χ0v) is 12.0. The van der Waals surface area contributed by atoms with Crippen molar-refractivity contribution < 1.29 is 9.13 Å². The number of para-hydroxylation sites is 2. The Morgan fingerprint density at radius 2 is 1.38 bits per heavy atom. The molecule has 0 spiro atoms. The molecule has 0 amide bonds. The summed E-state index contributed by atoms with van der Waals surface area (Å²) < 4.78 is 18.9. The van der Waals surface area contributed by atoms with Crippen LogP contribution in [-0.4, -0.2) is 0 Å². The zero-order chi connectivity index (χ0) is 14.5. The first-order chi connectivity index (χ1) is 10.3. The molecule has 0 saturated carbocycles. The summed E-state index contributed by atoms with van der Waals surface area (Å²) in [6.45, 7) is 0. The van der Waals surface area contributed by atoms with Crippen LogP contribution in [-0.2, 0) is 0 Å². The van der Waals surface area contributed by atoms with Crippen LogP contribution in [0.3, 0.4) is 0 Å². The minimum atomic E-state index is -0.229. The van der Waals surface area contributed by atoms with E-state index in [9.17, 15) is 4.39 Å². The van der Waals surface area contributed by atoms with Gasteiger partial charge in [0.15, 0.2) is 0 Å². The normalized spacial score (nSPS) is 10.3. The highest BCUT2D eigenvalue weighted by molar-refractivity contribution is 7.99. The number of hydrogen-bond acceptors (Lipinski definition) is 2. The van der Waals surface area contributed by atoms with Crippen LogP contribution in [0.15, 0.2) is 88.7 Å². The van der Waals surface area contributed by atoms with E-state index in [2.05, 4.69) is 0 Å². The number of halogens is 1. The molecule has 21 heavy (non-hydrogen) atoms. The summed E-state index contributed by atoms with van der Waals surface area (Å²) >= 11 is 1.55. The van der Waals surface area contributed by atoms with Crippen molar-refractivity contribution in [3.05, 3.63) is 84.7 Å². The minimum absolute atomic E-state index is 0.229. The van der Waals surface area contributed by atoms with Crippen molar-refractivity contribution in [1.82, 2.24) is 0 Å². The lowest BCUT2D eigenvalue weighted by Gasteiger charge is -2.10. The van der Waals surface area contributed by atoms with E-state index in [-0.39, 0.29) is 5.82 Å². The van der Waals surface area contributed by atoms with Gasteiger partial charge in [0.2, 0.25) is 0 Å². The van der Waals surface area contributed by atoms with E-state index in [1.807, 2.05) is 54.6 Å². The summed E-state index contributed by atoms with van der Waals surface area (Å²) in [5.74, 6) is 1.36. The SMILES string of the molecule is Fc1ccc(Sc2ccccc2Oc2ccccc2)cc1. The van der Waals surface area contributed by atoms with Crippen molar-refractivity contribution in [2.24, 2.45) is 0 Å². The smallest absolute Gasteiger partial charge is 0.141 e. The molecule has 3 aromatic rings. The van der Waals surface area contributed by atoms with E-state index in [4.69, 9.17) is 4.74 Å². The lowest BCUT2D eigenvalue weighted by atomic mass is 10.3. The Kier molecular flexibility index (Phi) is 4.22. The van der Waals surface area contributed by atoms with Gasteiger partial charge in [-0.3, -0.25) is 0 Å². The fourth-order valence-corrected chi connectivity index (χ4v) is 2.75. The number of benzene rings is 3. The van der Waals surface area contributed by atoms with Crippen LogP contribution in [0.4, 0.5) is 4.39 Å². The maximum atomic E-state index is 13.0. The molecule has 0 aromatic heterocycles. The number of ether oxygens (including phenoxy) is 1. The average Bonchev–Trinajstić information content (AvgIpc) is 2.52. The average molecular weight is 296 g/mol. The Morgan fingerprint density at radius 1 is 0.714 bits per heavy atom. The van der Waals surface area contributed by atoms with E-state index in [0.29, 0.717) is 0 Å². The molecule has 104 valence electrons. The van der Waals surface area contributed by atoms with E-state index < -0.39 is 0 Å². The summed E-state index contributed by atoms with van der Waals surface area (Å²) in [7, 11) is 0. The molecule has 0 radical (unpaired) electrons. The first-order valence-corrected chi connectivity index (χ1v) is 7.38. The highest BCUT2D eigenvalue weighted by Crippen LogP contribution is 2.36. The Hall–Kier alpha value is -2.26. The monoisotopic (exact) mass is 296 g/mol. The van der Waals surface area contributed by atoms with Crippen LogP contribution in [0, 0.1) is 5.82 Å². The Morgan fingerprint density at radius 3 is 2.14 bits per heavy atom. The largest absolute Gasteiger partial charge is 0.456 e. The standard InChI is InChI=1S/C18H13FOS/c19-14-10-12-16(13-11-14)21-18-9-5-4-8-17(18)20-15-6-2-1-3-7-15/h1-13H. The molecule has 0 aliphatic heterocycles. The molecule has 0 heterocycles. The predicted octanol–water partition coefficient (Wildman–Crippen LogP) is 5.77. The topological polar surface area (TPSA) is 9.23 Å². The molecule has 0 atom stereocenters. The molecule has 0 fully saturated rings. The highest BCUT2D eigenvalue weighted by Gasteiger charge is 2.06. The van der Waals surface area contributed by atoms with Crippen LogP contribution in [0.5, 0.6) is 11.5 Å². The van der Waals surface area contributed by atoms with Crippen LogP contribution in [0.1, 0.15) is 0 Å². The maximum absolute atomic E-state index is 13.0. The molecule has 1 nitrogen and oxygen atoms in total. The quantitative estimate of drug-likeness (QED) is 0.604. The van der Waals surface area contributed by atoms with Crippen LogP contribution < -0.4 is 4.74 Å². The van der Waals surface area contributed by atoms with Gasteiger partial charge < -0.3 is 4.74 Å². The molecule has 0 bridgehead atoms. The minimum Gasteiger partial charge on any atom is -0.456 e. The second-order valence-electron chi connectivity index (χ2n) is 4.42. The Balaban J connectivity index is 1.84. The van der Waals surface area contributed by atoms with Crippen molar-refractivity contribution in [2.45, 2.75) is 9.79 Å². The molecular weight excluding hydrogens is 283 g/mol. The molecule has 0 aliphatic carbocycles. The van der Waals surface area contributed by atoms with E-state index >= 15 is 0 Å². The third-order valence-corrected chi connectivity index (χ3v) is 3.93. The van der Waals surface area contributed by atoms with Crippen molar-refractivity contribution in [2.75, 3.05) is 0 Å². The van der Waals surface area contributed by atoms with Gasteiger partial charge >= 0.3 is 0 Å². The Labute approximate surface area is 127 Å². The summed E-state index contributed by atoms with van der Waals surface area (Å²) in [6.07, 6.45) is 0. The lowest BCUT2D eigenvalue weighted by Crippen LogP contribution is -1.86. The summed E-state index contributed by atoms with van der Waals surface area (Å²) in [5.41, 5.74) is 0. The van der Waals surface area contributed by atoms with Gasteiger partial charge in [-0.25, -0.2) is 4.39 Å². The van der Waals surface area contributed by atoms with Crippen LogP contribution in [0.2, 0.25) is 0 Å². The second kappa shape index (κ2) is 6.46. The van der Waals surface area contributed by atoms with Gasteiger partial charge in [-0.15, -0.1) is 0 Å². The number of hydrogen-bond donors (Lipinski definition) is 0. The van der Waals surface area contributed by atoms with Crippen LogP contribution >= 0.6 is 11.8 Å². The van der Waals surface area contributed by atoms with Gasteiger partial charge in [0.1, 0.15) is 17.3 Å². The van der Waals surface area contributed by atoms with E-state index in [0.717, 1.165) is 21.3 Å². The highest BCUT2D eigenvalue weighted by atomic mass is 32.2. The van der Waals surface area contributed by atoms with Gasteiger partial charge in [-0.05, 0) is 48.5 Å². The zero-order valence-electron chi connectivity index (χ0n) is 11.2. The molecule has 3 aromatic carbocycles. The lowest BCUT2D eigenvalue weighted by molar-refractivity contribution is 0.471. The molecule has 3 rings (SSSR count). The van der Waals surface area contributed by atoms with Crippen LogP contribution in [0.25, 0.3) is 0 Å². The van der Waals surface area contributed by atoms with Gasteiger partial charge in [0.25, 0.3) is 0 Å². The first kappa shape index (κ1) is 13.7. The summed E-state index contributed by atoms with van der Waals surface area (Å²) in [6, 6.07) is 23.9. The van der Waals surface area contributed by atoms with Crippen molar-refractivity contribution in [3.8, 4) is 11.5 Å². The first-order valence-electron chi connectivity index (χ1n) is 6.56. The van der Waals surface area contributed by atoms with Crippen molar-refractivity contribution >= 4 is 11.8 Å². The van der Waals surface area contributed by atoms with E-state index in [1.165, 1.54) is 12.1 Å². The maximum Gasteiger partial charge on any atom is 0.141 e. The molecule has 0 unspecified atom stereocenters. The van der Waals surface area contributed by atoms with Crippen molar-refractivity contribution in [3.63, 3.8) is 0 Å². The molecular formula is C18H13FOS. The molecule has 0 aliphatic rings. The van der Waals surface area contributed by atoms with Crippen molar-refractivity contribution in [1.29, 1.82) is 0 Å². The van der Waals surface area contributed by atoms with Gasteiger partial charge in [-0.2, -0.15) is 0 Å². The third-order valence-electron chi connectivity index (χ3n) is 2.86. The molecule has 3 heteroatoms. The molecule has 0 saturated heterocycles. The third kappa shape index (κ3) is 3.64. The summed E-state index contributed by atoms with van der Waals surface area (Å²) in [5, 5.41) is 0. The van der Waals surface area contributed by atoms with Gasteiger partial charge in [0, 0.05) is 4.90 Å².